The van der Waals surface area contributed by atoms with Crippen LogP contribution in [0.3, 0.4) is 0 Å². The van der Waals surface area contributed by atoms with Crippen LogP contribution in [0.15, 0.2) is 42.6 Å². The summed E-state index contributed by atoms with van der Waals surface area (Å²) in [7, 11) is 1.47. The number of rotatable bonds is 4. The molecule has 2 fully saturated rings. The number of aromatic nitrogens is 3. The van der Waals surface area contributed by atoms with Crippen LogP contribution in [-0.4, -0.2) is 60.4 Å². The average Bonchev–Trinajstić information content (AvgIpc) is 3.31. The van der Waals surface area contributed by atoms with Gasteiger partial charge in [-0.2, -0.15) is 0 Å². The molecule has 2 aromatic heterocycles. The third-order valence-electron chi connectivity index (χ3n) is 6.91. The van der Waals surface area contributed by atoms with E-state index in [-0.39, 0.29) is 23.8 Å². The number of nitrogens with zero attached hydrogens (tertiary/aromatic N) is 3. The fourth-order valence-electron chi connectivity index (χ4n) is 5.25. The first-order valence-electron chi connectivity index (χ1n) is 11.9. The highest BCUT2D eigenvalue weighted by atomic mass is 19.1. The normalized spacial score (nSPS) is 19.9. The maximum Gasteiger partial charge on any atom is 0.149 e. The topological polar surface area (TPSA) is 101 Å². The second kappa shape index (κ2) is 9.03. The number of piperidine rings is 1. The molecule has 6 rings (SSSR count). The lowest BCUT2D eigenvalue weighted by molar-refractivity contribution is -0.00899. The van der Waals surface area contributed by atoms with Gasteiger partial charge in [-0.25, -0.2) is 18.7 Å². The zero-order chi connectivity index (χ0) is 24.8. The molecular formula is C26H26F2N6O2. The van der Waals surface area contributed by atoms with E-state index < -0.39 is 5.82 Å². The van der Waals surface area contributed by atoms with Crippen LogP contribution in [0.5, 0.6) is 5.75 Å². The quantitative estimate of drug-likeness (QED) is 0.399. The molecule has 0 unspecified atom stereocenters. The molecular weight excluding hydrogens is 466 g/mol. The van der Waals surface area contributed by atoms with Crippen LogP contribution in [0.25, 0.3) is 33.5 Å². The molecule has 2 saturated heterocycles. The van der Waals surface area contributed by atoms with E-state index in [1.54, 1.807) is 12.3 Å². The smallest absolute Gasteiger partial charge is 0.149 e. The largest absolute Gasteiger partial charge is 0.494 e. The molecule has 186 valence electrons. The number of hydrogen-bond donors (Lipinski definition) is 3. The third-order valence-corrected chi connectivity index (χ3v) is 6.91. The maximum absolute atomic E-state index is 14.3. The van der Waals surface area contributed by atoms with Crippen molar-refractivity contribution >= 4 is 22.5 Å². The second-order valence-electron chi connectivity index (χ2n) is 9.09. The van der Waals surface area contributed by atoms with Crippen molar-refractivity contribution in [2.75, 3.05) is 44.0 Å². The second-order valence-corrected chi connectivity index (χ2v) is 9.09. The van der Waals surface area contributed by atoms with E-state index in [0.717, 1.165) is 30.8 Å². The lowest BCUT2D eigenvalue weighted by Crippen LogP contribution is -2.58. The molecule has 10 heteroatoms. The number of morpholine rings is 1. The summed E-state index contributed by atoms with van der Waals surface area (Å²) in [6.07, 6.45) is 2.53. The van der Waals surface area contributed by atoms with Gasteiger partial charge in [0.05, 0.1) is 36.6 Å². The lowest BCUT2D eigenvalue weighted by atomic mass is 9.95. The van der Waals surface area contributed by atoms with E-state index >= 15 is 0 Å². The Morgan fingerprint density at radius 3 is 2.92 bits per heavy atom. The lowest BCUT2D eigenvalue weighted by Gasteiger charge is -2.43. The van der Waals surface area contributed by atoms with Crippen LogP contribution >= 0.6 is 0 Å². The number of methoxy groups -OCH3 is 1. The summed E-state index contributed by atoms with van der Waals surface area (Å²) in [6.45, 7) is 2.83. The van der Waals surface area contributed by atoms with Crippen molar-refractivity contribution in [2.45, 2.75) is 18.6 Å². The van der Waals surface area contributed by atoms with Crippen molar-refractivity contribution in [3.63, 3.8) is 0 Å². The van der Waals surface area contributed by atoms with E-state index in [1.165, 1.54) is 31.4 Å². The average molecular weight is 493 g/mol. The summed E-state index contributed by atoms with van der Waals surface area (Å²) in [5, 5.41) is 3.53. The van der Waals surface area contributed by atoms with Gasteiger partial charge in [-0.1, -0.05) is 12.1 Å². The van der Waals surface area contributed by atoms with E-state index in [9.17, 15) is 8.78 Å². The van der Waals surface area contributed by atoms with Gasteiger partial charge in [-0.3, -0.25) is 0 Å². The van der Waals surface area contributed by atoms with Crippen LogP contribution < -0.4 is 20.7 Å². The Labute approximate surface area is 206 Å². The number of aromatic amines is 1. The van der Waals surface area contributed by atoms with Crippen molar-refractivity contribution < 1.29 is 18.3 Å². The van der Waals surface area contributed by atoms with E-state index in [2.05, 4.69) is 20.2 Å². The molecule has 4 heterocycles. The molecule has 2 atom stereocenters. The highest BCUT2D eigenvalue weighted by Crippen LogP contribution is 2.43. The molecule has 0 saturated carbocycles. The molecule has 4 N–H and O–H groups in total. The minimum atomic E-state index is -0.446. The number of ether oxygens (including phenoxy) is 2. The van der Waals surface area contributed by atoms with Gasteiger partial charge in [0, 0.05) is 43.5 Å². The van der Waals surface area contributed by atoms with Crippen LogP contribution in [0.2, 0.25) is 0 Å². The zero-order valence-corrected chi connectivity index (χ0v) is 19.7. The first-order valence-corrected chi connectivity index (χ1v) is 11.9. The van der Waals surface area contributed by atoms with Gasteiger partial charge in [-0.05, 0) is 30.2 Å². The third kappa shape index (κ3) is 3.92. The predicted molar refractivity (Wildman–Crippen MR) is 134 cm³/mol. The van der Waals surface area contributed by atoms with Crippen molar-refractivity contribution in [3.05, 3.63) is 54.2 Å². The van der Waals surface area contributed by atoms with E-state index in [1.807, 2.05) is 6.07 Å². The Morgan fingerprint density at radius 1 is 1.19 bits per heavy atom. The van der Waals surface area contributed by atoms with E-state index in [4.69, 9.17) is 20.2 Å². The summed E-state index contributed by atoms with van der Waals surface area (Å²) in [6, 6.07) is 9.31. The summed E-state index contributed by atoms with van der Waals surface area (Å²) in [5.41, 5.74) is 10.2. The molecule has 0 bridgehead atoms. The standard InChI is InChI=1S/C26H26F2N6O2/c1-35-20-11-16(28)10-19-23(20)33-26(32-19)22-24(34-7-5-18-21(13-34)36-8-6-30-18)17(12-31-25(22)29)14-3-2-4-15(27)9-14/h2-4,9-12,18,21,30H,5-8,13H2,1H3,(H2,29,31)(H,32,33)/t18-,21-/m0/s1. The number of imidazole rings is 1. The van der Waals surface area contributed by atoms with Gasteiger partial charge >= 0.3 is 0 Å². The predicted octanol–water partition coefficient (Wildman–Crippen LogP) is 3.73. The SMILES string of the molecule is COc1cc(F)cc2[nH]c(-c3c(N)ncc(-c4cccc(F)c4)c3N3CC[C@@H]4NCCO[C@H]4C3)nc12. The minimum absolute atomic E-state index is 0.0000348. The molecule has 2 aromatic carbocycles. The summed E-state index contributed by atoms with van der Waals surface area (Å²) < 4.78 is 39.9. The van der Waals surface area contributed by atoms with Crippen LogP contribution in [-0.2, 0) is 4.74 Å². The summed E-state index contributed by atoms with van der Waals surface area (Å²) in [5.74, 6) is 0.201. The Kier molecular flexibility index (Phi) is 5.69. The first-order chi connectivity index (χ1) is 17.5. The fraction of sp³-hybridized carbons (Fsp3) is 0.308. The monoisotopic (exact) mass is 492 g/mol. The number of nitrogen functional groups attached to an aromatic ring is 1. The van der Waals surface area contributed by atoms with Gasteiger partial charge in [0.15, 0.2) is 0 Å². The van der Waals surface area contributed by atoms with Gasteiger partial charge in [0.1, 0.15) is 34.5 Å². The molecule has 0 aliphatic carbocycles. The Morgan fingerprint density at radius 2 is 2.08 bits per heavy atom. The van der Waals surface area contributed by atoms with Crippen molar-refractivity contribution in [2.24, 2.45) is 0 Å². The van der Waals surface area contributed by atoms with Gasteiger partial charge in [-0.15, -0.1) is 0 Å². The molecule has 2 aliphatic rings. The molecule has 0 amide bonds. The number of nitrogens with two attached hydrogens (primary N) is 1. The number of H-pyrrole nitrogens is 1. The summed E-state index contributed by atoms with van der Waals surface area (Å²) in [4.78, 5) is 14.6. The highest BCUT2D eigenvalue weighted by Gasteiger charge is 2.35. The minimum Gasteiger partial charge on any atom is -0.494 e. The van der Waals surface area contributed by atoms with Crippen molar-refractivity contribution in [1.82, 2.24) is 20.3 Å². The fourth-order valence-corrected chi connectivity index (χ4v) is 5.25. The molecule has 2 aliphatic heterocycles. The van der Waals surface area contributed by atoms with Gasteiger partial charge in [0.2, 0.25) is 0 Å². The van der Waals surface area contributed by atoms with Gasteiger partial charge < -0.3 is 30.4 Å². The van der Waals surface area contributed by atoms with Crippen LogP contribution in [0.1, 0.15) is 6.42 Å². The van der Waals surface area contributed by atoms with Crippen molar-refractivity contribution in [3.8, 4) is 28.3 Å². The van der Waals surface area contributed by atoms with Crippen molar-refractivity contribution in [1.29, 1.82) is 0 Å². The van der Waals surface area contributed by atoms with Crippen LogP contribution in [0, 0.1) is 11.6 Å². The zero-order valence-electron chi connectivity index (χ0n) is 19.7. The number of hydrogen-bond acceptors (Lipinski definition) is 7. The number of benzene rings is 2. The van der Waals surface area contributed by atoms with Gasteiger partial charge in [0.25, 0.3) is 0 Å². The molecule has 36 heavy (non-hydrogen) atoms. The van der Waals surface area contributed by atoms with E-state index in [0.29, 0.717) is 46.9 Å². The Hall–Kier alpha value is -3.76. The number of fused-ring (bicyclic) bond motifs is 2. The Bertz CT molecular complexity index is 1440. The number of nitrogens with one attached hydrogen (secondary N) is 2. The number of pyridine rings is 1. The highest BCUT2D eigenvalue weighted by molar-refractivity contribution is 5.96. The Balaban J connectivity index is 1.56. The summed E-state index contributed by atoms with van der Waals surface area (Å²) >= 11 is 0. The molecule has 8 nitrogen and oxygen atoms in total. The molecule has 0 radical (unpaired) electrons. The first kappa shape index (κ1) is 22.7. The number of halogens is 2. The molecule has 0 spiro atoms. The number of anilines is 2. The molecule has 4 aromatic rings. The van der Waals surface area contributed by atoms with Crippen LogP contribution in [0.4, 0.5) is 20.3 Å². The maximum atomic E-state index is 14.3.